The van der Waals surface area contributed by atoms with Crippen molar-refractivity contribution in [1.29, 1.82) is 0 Å². The SMILES string of the molecule is COCCOCCCC(=O)NNC(=O)c1ccccc1. The molecule has 110 valence electrons. The lowest BCUT2D eigenvalue weighted by Gasteiger charge is -2.07. The number of hydrogen-bond acceptors (Lipinski definition) is 4. The van der Waals surface area contributed by atoms with Crippen LogP contribution >= 0.6 is 0 Å². The van der Waals surface area contributed by atoms with Gasteiger partial charge in [0.15, 0.2) is 0 Å². The van der Waals surface area contributed by atoms with Crippen molar-refractivity contribution in [2.45, 2.75) is 12.8 Å². The van der Waals surface area contributed by atoms with Crippen LogP contribution in [0.3, 0.4) is 0 Å². The summed E-state index contributed by atoms with van der Waals surface area (Å²) in [5.41, 5.74) is 5.22. The second-order valence-electron chi connectivity index (χ2n) is 4.08. The Morgan fingerprint density at radius 2 is 1.80 bits per heavy atom. The fourth-order valence-corrected chi connectivity index (χ4v) is 1.43. The van der Waals surface area contributed by atoms with Crippen LogP contribution in [0, 0.1) is 0 Å². The summed E-state index contributed by atoms with van der Waals surface area (Å²) in [4.78, 5) is 23.1. The Kier molecular flexibility index (Phi) is 8.02. The highest BCUT2D eigenvalue weighted by Gasteiger charge is 2.06. The molecular formula is C14H20N2O4. The van der Waals surface area contributed by atoms with E-state index in [4.69, 9.17) is 9.47 Å². The van der Waals surface area contributed by atoms with Crippen LogP contribution in [0.2, 0.25) is 0 Å². The average molecular weight is 280 g/mol. The highest BCUT2D eigenvalue weighted by atomic mass is 16.5. The molecule has 0 bridgehead atoms. The quantitative estimate of drug-likeness (QED) is 0.548. The van der Waals surface area contributed by atoms with Gasteiger partial charge in [0.05, 0.1) is 13.2 Å². The van der Waals surface area contributed by atoms with Crippen LogP contribution in [0.5, 0.6) is 0 Å². The zero-order valence-corrected chi connectivity index (χ0v) is 11.6. The second-order valence-corrected chi connectivity index (χ2v) is 4.08. The number of ether oxygens (including phenoxy) is 2. The summed E-state index contributed by atoms with van der Waals surface area (Å²) in [6.07, 6.45) is 0.888. The van der Waals surface area contributed by atoms with Crippen LogP contribution in [-0.2, 0) is 14.3 Å². The summed E-state index contributed by atoms with van der Waals surface area (Å²) in [7, 11) is 1.60. The molecule has 6 nitrogen and oxygen atoms in total. The Labute approximate surface area is 118 Å². The lowest BCUT2D eigenvalue weighted by Crippen LogP contribution is -2.41. The van der Waals surface area contributed by atoms with E-state index in [9.17, 15) is 9.59 Å². The van der Waals surface area contributed by atoms with Crippen molar-refractivity contribution in [3.05, 3.63) is 35.9 Å². The summed E-state index contributed by atoms with van der Waals surface area (Å²) in [5.74, 6) is -0.583. The fraction of sp³-hybridized carbons (Fsp3) is 0.429. The van der Waals surface area contributed by atoms with E-state index >= 15 is 0 Å². The Bertz CT molecular complexity index is 409. The Morgan fingerprint density at radius 1 is 1.05 bits per heavy atom. The smallest absolute Gasteiger partial charge is 0.269 e. The highest BCUT2D eigenvalue weighted by Crippen LogP contribution is 1.97. The highest BCUT2D eigenvalue weighted by molar-refractivity contribution is 5.95. The van der Waals surface area contributed by atoms with Crippen LogP contribution in [0.4, 0.5) is 0 Å². The minimum Gasteiger partial charge on any atom is -0.382 e. The molecule has 0 spiro atoms. The van der Waals surface area contributed by atoms with Gasteiger partial charge in [-0.05, 0) is 18.6 Å². The number of benzene rings is 1. The first kappa shape index (κ1) is 16.1. The van der Waals surface area contributed by atoms with Crippen molar-refractivity contribution in [3.63, 3.8) is 0 Å². The van der Waals surface area contributed by atoms with Crippen molar-refractivity contribution in [1.82, 2.24) is 10.9 Å². The van der Waals surface area contributed by atoms with Gasteiger partial charge in [-0.25, -0.2) is 0 Å². The van der Waals surface area contributed by atoms with Gasteiger partial charge >= 0.3 is 0 Å². The molecule has 0 saturated carbocycles. The van der Waals surface area contributed by atoms with E-state index in [2.05, 4.69) is 10.9 Å². The molecule has 0 aromatic heterocycles. The normalized spacial score (nSPS) is 10.1. The van der Waals surface area contributed by atoms with Crippen LogP contribution < -0.4 is 10.9 Å². The Hall–Kier alpha value is -1.92. The standard InChI is InChI=1S/C14H20N2O4/c1-19-10-11-20-9-5-8-13(17)15-16-14(18)12-6-3-2-4-7-12/h2-4,6-7H,5,8-11H2,1H3,(H,15,17)(H,16,18). The van der Waals surface area contributed by atoms with Gasteiger partial charge in [-0.1, -0.05) is 18.2 Å². The van der Waals surface area contributed by atoms with E-state index in [0.29, 0.717) is 38.2 Å². The molecule has 0 aliphatic rings. The van der Waals surface area contributed by atoms with Gasteiger partial charge in [0.2, 0.25) is 5.91 Å². The molecule has 0 radical (unpaired) electrons. The van der Waals surface area contributed by atoms with E-state index in [1.807, 2.05) is 6.07 Å². The van der Waals surface area contributed by atoms with E-state index in [1.165, 1.54) is 0 Å². The van der Waals surface area contributed by atoms with E-state index in [0.717, 1.165) is 0 Å². The monoisotopic (exact) mass is 280 g/mol. The van der Waals surface area contributed by atoms with Crippen molar-refractivity contribution in [2.24, 2.45) is 0 Å². The summed E-state index contributed by atoms with van der Waals surface area (Å²) in [6, 6.07) is 8.68. The number of amides is 2. The molecule has 0 unspecified atom stereocenters. The second kappa shape index (κ2) is 9.94. The van der Waals surface area contributed by atoms with Crippen molar-refractivity contribution in [2.75, 3.05) is 26.9 Å². The first-order valence-corrected chi connectivity index (χ1v) is 6.45. The minimum absolute atomic E-state index is 0.246. The van der Waals surface area contributed by atoms with Gasteiger partial charge in [-0.3, -0.25) is 20.4 Å². The molecule has 0 aliphatic carbocycles. The maximum Gasteiger partial charge on any atom is 0.269 e. The Morgan fingerprint density at radius 3 is 2.50 bits per heavy atom. The summed E-state index contributed by atoms with van der Waals surface area (Å²) in [6.45, 7) is 1.55. The molecule has 2 N–H and O–H groups in total. The van der Waals surface area contributed by atoms with Gasteiger partial charge in [0.1, 0.15) is 0 Å². The number of carbonyl (C=O) groups is 2. The van der Waals surface area contributed by atoms with E-state index in [1.54, 1.807) is 31.4 Å². The lowest BCUT2D eigenvalue weighted by atomic mass is 10.2. The van der Waals surface area contributed by atoms with Crippen LogP contribution in [-0.4, -0.2) is 38.7 Å². The predicted octanol–water partition coefficient (Wildman–Crippen LogP) is 0.891. The number of rotatable bonds is 8. The van der Waals surface area contributed by atoms with Gasteiger partial charge in [-0.2, -0.15) is 0 Å². The minimum atomic E-state index is -0.338. The molecule has 20 heavy (non-hydrogen) atoms. The van der Waals surface area contributed by atoms with Crippen LogP contribution in [0.25, 0.3) is 0 Å². The molecule has 1 rings (SSSR count). The number of carbonyl (C=O) groups excluding carboxylic acids is 2. The molecule has 1 aromatic carbocycles. The Balaban J connectivity index is 2.09. The van der Waals surface area contributed by atoms with Gasteiger partial charge in [-0.15, -0.1) is 0 Å². The number of hydrazine groups is 1. The van der Waals surface area contributed by atoms with Crippen molar-refractivity contribution < 1.29 is 19.1 Å². The first-order valence-electron chi connectivity index (χ1n) is 6.45. The van der Waals surface area contributed by atoms with Gasteiger partial charge in [0, 0.05) is 25.7 Å². The number of hydrogen-bond donors (Lipinski definition) is 2. The summed E-state index contributed by atoms with van der Waals surface area (Å²) in [5, 5.41) is 0. The third-order valence-electron chi connectivity index (χ3n) is 2.48. The molecule has 6 heteroatoms. The largest absolute Gasteiger partial charge is 0.382 e. The van der Waals surface area contributed by atoms with E-state index in [-0.39, 0.29) is 11.8 Å². The molecule has 0 fully saturated rings. The third kappa shape index (κ3) is 6.86. The first-order chi connectivity index (χ1) is 9.74. The van der Waals surface area contributed by atoms with Crippen molar-refractivity contribution >= 4 is 11.8 Å². The lowest BCUT2D eigenvalue weighted by molar-refractivity contribution is -0.122. The molecular weight excluding hydrogens is 260 g/mol. The summed E-state index contributed by atoms with van der Waals surface area (Å²) < 4.78 is 10.1. The third-order valence-corrected chi connectivity index (χ3v) is 2.48. The predicted molar refractivity (Wildman–Crippen MR) is 74.0 cm³/mol. The zero-order valence-electron chi connectivity index (χ0n) is 11.6. The fourth-order valence-electron chi connectivity index (χ4n) is 1.43. The van der Waals surface area contributed by atoms with Gasteiger partial charge in [0.25, 0.3) is 5.91 Å². The maximum atomic E-state index is 11.6. The van der Waals surface area contributed by atoms with E-state index < -0.39 is 0 Å². The molecule has 0 heterocycles. The molecule has 0 saturated heterocycles. The van der Waals surface area contributed by atoms with Gasteiger partial charge < -0.3 is 9.47 Å². The molecule has 1 aromatic rings. The molecule has 0 aliphatic heterocycles. The molecule has 0 atom stereocenters. The molecule has 2 amide bonds. The van der Waals surface area contributed by atoms with Crippen LogP contribution in [0.1, 0.15) is 23.2 Å². The maximum absolute atomic E-state index is 11.6. The van der Waals surface area contributed by atoms with Crippen molar-refractivity contribution in [3.8, 4) is 0 Å². The summed E-state index contributed by atoms with van der Waals surface area (Å²) >= 11 is 0. The zero-order chi connectivity index (χ0) is 14.6. The average Bonchev–Trinajstić information content (AvgIpc) is 2.49. The number of methoxy groups -OCH3 is 1. The van der Waals surface area contributed by atoms with Crippen LogP contribution in [0.15, 0.2) is 30.3 Å². The number of nitrogens with one attached hydrogen (secondary N) is 2. The topological polar surface area (TPSA) is 76.7 Å².